The summed E-state index contributed by atoms with van der Waals surface area (Å²) in [7, 11) is 0. The first-order chi connectivity index (χ1) is 15.0. The van der Waals surface area contributed by atoms with Crippen molar-refractivity contribution < 1.29 is 19.0 Å². The molecule has 2 aromatic rings. The number of allylic oxidation sites excluding steroid dienone is 1. The van der Waals surface area contributed by atoms with Gasteiger partial charge in [0.1, 0.15) is 23.9 Å². The highest BCUT2D eigenvalue weighted by atomic mass is 16.5. The highest BCUT2D eigenvalue weighted by Gasteiger charge is 2.24. The standard InChI is InChI=1S/C28H36O4/c1-9-18-30-22-12-10-21(11-13-22)25(29)16-14-23-26(31-19(2)3)17-15-24(28(6,7)8)27(23)32-20(4)5/h9-17,19-20H,1,18H2,2-8H3. The van der Waals surface area contributed by atoms with Crippen LogP contribution < -0.4 is 14.2 Å². The van der Waals surface area contributed by atoms with E-state index in [0.29, 0.717) is 23.7 Å². The van der Waals surface area contributed by atoms with Gasteiger partial charge in [0, 0.05) is 11.1 Å². The Balaban J connectivity index is 2.47. The lowest BCUT2D eigenvalue weighted by atomic mass is 9.84. The first kappa shape index (κ1) is 25.3. The zero-order chi connectivity index (χ0) is 23.9. The van der Waals surface area contributed by atoms with Crippen molar-refractivity contribution in [3.63, 3.8) is 0 Å². The maximum absolute atomic E-state index is 12.9. The van der Waals surface area contributed by atoms with Crippen molar-refractivity contribution in [3.8, 4) is 17.2 Å². The summed E-state index contributed by atoms with van der Waals surface area (Å²) >= 11 is 0. The van der Waals surface area contributed by atoms with E-state index in [1.54, 1.807) is 42.5 Å². The third-order valence-electron chi connectivity index (χ3n) is 4.59. The summed E-state index contributed by atoms with van der Waals surface area (Å²) in [6.07, 6.45) is 5.03. The molecule has 0 aromatic heterocycles. The van der Waals surface area contributed by atoms with E-state index in [1.807, 2.05) is 33.8 Å². The van der Waals surface area contributed by atoms with E-state index in [4.69, 9.17) is 14.2 Å². The van der Waals surface area contributed by atoms with Crippen molar-refractivity contribution in [2.45, 2.75) is 66.1 Å². The molecule has 0 unspecified atom stereocenters. The van der Waals surface area contributed by atoms with Crippen molar-refractivity contribution in [1.82, 2.24) is 0 Å². The molecule has 0 saturated carbocycles. The predicted octanol–water partition coefficient (Wildman–Crippen LogP) is 7.02. The largest absolute Gasteiger partial charge is 0.490 e. The first-order valence-electron chi connectivity index (χ1n) is 11.1. The summed E-state index contributed by atoms with van der Waals surface area (Å²) in [6, 6.07) is 11.1. The summed E-state index contributed by atoms with van der Waals surface area (Å²) < 4.78 is 17.8. The molecule has 172 valence electrons. The van der Waals surface area contributed by atoms with E-state index in [1.165, 1.54) is 0 Å². The smallest absolute Gasteiger partial charge is 0.185 e. The van der Waals surface area contributed by atoms with Gasteiger partial charge in [-0.05, 0) is 75.6 Å². The van der Waals surface area contributed by atoms with Gasteiger partial charge in [0.05, 0.1) is 17.8 Å². The molecular weight excluding hydrogens is 400 g/mol. The fourth-order valence-electron chi connectivity index (χ4n) is 3.18. The molecular formula is C28H36O4. The minimum absolute atomic E-state index is 0.00616. The molecule has 0 saturated heterocycles. The zero-order valence-electron chi connectivity index (χ0n) is 20.4. The lowest BCUT2D eigenvalue weighted by molar-refractivity contribution is 0.104. The molecule has 0 fully saturated rings. The van der Waals surface area contributed by atoms with Gasteiger partial charge in [-0.1, -0.05) is 39.5 Å². The Hall–Kier alpha value is -3.01. The number of carbonyl (C=O) groups is 1. The zero-order valence-corrected chi connectivity index (χ0v) is 20.4. The topological polar surface area (TPSA) is 44.8 Å². The SMILES string of the molecule is C=CCOc1ccc(C(=O)C=Cc2c(OC(C)C)ccc(C(C)(C)C)c2OC(C)C)cc1. The van der Waals surface area contributed by atoms with E-state index in [2.05, 4.69) is 33.4 Å². The van der Waals surface area contributed by atoms with Gasteiger partial charge in [0.15, 0.2) is 5.78 Å². The number of ketones is 1. The van der Waals surface area contributed by atoms with Crippen molar-refractivity contribution >= 4 is 11.9 Å². The molecule has 0 N–H and O–H groups in total. The number of benzene rings is 2. The molecule has 0 aliphatic carbocycles. The van der Waals surface area contributed by atoms with Crippen LogP contribution in [-0.2, 0) is 5.41 Å². The fourth-order valence-corrected chi connectivity index (χ4v) is 3.18. The molecule has 0 heterocycles. The van der Waals surface area contributed by atoms with Gasteiger partial charge in [0.2, 0.25) is 0 Å². The minimum atomic E-state index is -0.131. The first-order valence-corrected chi connectivity index (χ1v) is 11.1. The predicted molar refractivity (Wildman–Crippen MR) is 132 cm³/mol. The summed E-state index contributed by atoms with van der Waals surface area (Å²) in [5.41, 5.74) is 2.29. The average Bonchev–Trinajstić information content (AvgIpc) is 2.70. The molecule has 0 radical (unpaired) electrons. The van der Waals surface area contributed by atoms with Crippen LogP contribution in [0.25, 0.3) is 6.08 Å². The van der Waals surface area contributed by atoms with Gasteiger partial charge in [0.25, 0.3) is 0 Å². The molecule has 32 heavy (non-hydrogen) atoms. The van der Waals surface area contributed by atoms with Crippen LogP contribution in [0, 0.1) is 0 Å². The van der Waals surface area contributed by atoms with Crippen LogP contribution in [0.2, 0.25) is 0 Å². The van der Waals surface area contributed by atoms with Crippen LogP contribution in [0.4, 0.5) is 0 Å². The Morgan fingerprint density at radius 1 is 0.969 bits per heavy atom. The summed E-state index contributed by atoms with van der Waals surface area (Å²) in [4.78, 5) is 12.9. The van der Waals surface area contributed by atoms with Crippen LogP contribution >= 0.6 is 0 Å². The number of hydrogen-bond acceptors (Lipinski definition) is 4. The van der Waals surface area contributed by atoms with Crippen LogP contribution in [0.15, 0.2) is 55.1 Å². The van der Waals surface area contributed by atoms with Gasteiger partial charge in [-0.3, -0.25) is 4.79 Å². The number of ether oxygens (including phenoxy) is 3. The minimum Gasteiger partial charge on any atom is -0.490 e. The number of hydrogen-bond donors (Lipinski definition) is 0. The van der Waals surface area contributed by atoms with E-state index in [0.717, 1.165) is 16.9 Å². The second-order valence-electron chi connectivity index (χ2n) is 9.26. The van der Waals surface area contributed by atoms with Gasteiger partial charge in [-0.15, -0.1) is 0 Å². The molecule has 2 aromatic carbocycles. The Morgan fingerprint density at radius 2 is 1.59 bits per heavy atom. The van der Waals surface area contributed by atoms with Crippen molar-refractivity contribution in [2.24, 2.45) is 0 Å². The molecule has 4 heteroatoms. The lowest BCUT2D eigenvalue weighted by Crippen LogP contribution is -2.18. The molecule has 2 rings (SSSR count). The molecule has 0 aliphatic rings. The maximum atomic E-state index is 12.9. The van der Waals surface area contributed by atoms with E-state index >= 15 is 0 Å². The van der Waals surface area contributed by atoms with Gasteiger partial charge >= 0.3 is 0 Å². The van der Waals surface area contributed by atoms with Crippen LogP contribution in [0.5, 0.6) is 17.2 Å². The Kier molecular flexibility index (Phi) is 8.71. The quantitative estimate of drug-likeness (QED) is 0.228. The summed E-state index contributed by atoms with van der Waals surface area (Å²) in [5, 5.41) is 0. The van der Waals surface area contributed by atoms with Crippen molar-refractivity contribution in [3.05, 3.63) is 71.8 Å². The molecule has 0 spiro atoms. The highest BCUT2D eigenvalue weighted by Crippen LogP contribution is 2.40. The van der Waals surface area contributed by atoms with Crippen molar-refractivity contribution in [1.29, 1.82) is 0 Å². The fraction of sp³-hybridized carbons (Fsp3) is 0.393. The number of rotatable bonds is 10. The van der Waals surface area contributed by atoms with Crippen molar-refractivity contribution in [2.75, 3.05) is 6.61 Å². The third-order valence-corrected chi connectivity index (χ3v) is 4.59. The molecule has 0 amide bonds. The van der Waals surface area contributed by atoms with Gasteiger partial charge in [-0.2, -0.15) is 0 Å². The van der Waals surface area contributed by atoms with Gasteiger partial charge in [-0.25, -0.2) is 0 Å². The Labute approximate surface area is 192 Å². The average molecular weight is 437 g/mol. The van der Waals surface area contributed by atoms with Crippen LogP contribution in [0.1, 0.15) is 70.0 Å². The van der Waals surface area contributed by atoms with Gasteiger partial charge < -0.3 is 14.2 Å². The second kappa shape index (κ2) is 11.0. The summed E-state index contributed by atoms with van der Waals surface area (Å²) in [5.74, 6) is 2.04. The lowest BCUT2D eigenvalue weighted by Gasteiger charge is -2.27. The second-order valence-corrected chi connectivity index (χ2v) is 9.26. The normalized spacial score (nSPS) is 11.8. The van der Waals surface area contributed by atoms with Crippen LogP contribution in [-0.4, -0.2) is 24.6 Å². The Morgan fingerprint density at radius 3 is 2.12 bits per heavy atom. The van der Waals surface area contributed by atoms with E-state index in [-0.39, 0.29) is 23.4 Å². The molecule has 0 aliphatic heterocycles. The Bertz CT molecular complexity index is 945. The number of carbonyl (C=O) groups excluding carboxylic acids is 1. The van der Waals surface area contributed by atoms with E-state index in [9.17, 15) is 4.79 Å². The molecule has 0 bridgehead atoms. The monoisotopic (exact) mass is 436 g/mol. The van der Waals surface area contributed by atoms with E-state index < -0.39 is 0 Å². The maximum Gasteiger partial charge on any atom is 0.185 e. The third kappa shape index (κ3) is 7.01. The summed E-state index contributed by atoms with van der Waals surface area (Å²) in [6.45, 7) is 18.5. The molecule has 0 atom stereocenters. The molecule has 4 nitrogen and oxygen atoms in total. The highest BCUT2D eigenvalue weighted by molar-refractivity contribution is 6.07. The van der Waals surface area contributed by atoms with Crippen LogP contribution in [0.3, 0.4) is 0 Å².